The highest BCUT2D eigenvalue weighted by Crippen LogP contribution is 2.08. The molecule has 0 aliphatic heterocycles. The number of aryl methyl sites for hydroxylation is 2. The fourth-order valence-electron chi connectivity index (χ4n) is 1.23. The molecule has 1 aromatic rings. The summed E-state index contributed by atoms with van der Waals surface area (Å²) in [6, 6.07) is 8.44. The molecule has 0 aliphatic carbocycles. The van der Waals surface area contributed by atoms with E-state index in [2.05, 4.69) is 38.1 Å². The van der Waals surface area contributed by atoms with Crippen molar-refractivity contribution >= 4 is 0 Å². The minimum atomic E-state index is -0.249. The Balaban J connectivity index is 2.41. The van der Waals surface area contributed by atoms with Crippen LogP contribution in [0.3, 0.4) is 0 Å². The van der Waals surface area contributed by atoms with Crippen molar-refractivity contribution in [3.05, 3.63) is 42.3 Å². The first-order valence-corrected chi connectivity index (χ1v) is 4.75. The fourth-order valence-corrected chi connectivity index (χ4v) is 1.23. The maximum atomic E-state index is 9.31. The molecule has 0 heterocycles. The van der Waals surface area contributed by atoms with Crippen molar-refractivity contribution in [2.75, 3.05) is 0 Å². The normalized spacial score (nSPS) is 12.8. The molecule has 0 bridgehead atoms. The Morgan fingerprint density at radius 1 is 1.31 bits per heavy atom. The van der Waals surface area contributed by atoms with E-state index in [1.54, 1.807) is 0 Å². The Bertz CT molecular complexity index is 238. The zero-order chi connectivity index (χ0) is 9.68. The predicted molar refractivity (Wildman–Crippen MR) is 55.5 cm³/mol. The zero-order valence-electron chi connectivity index (χ0n) is 8.16. The molecule has 1 aromatic carbocycles. The van der Waals surface area contributed by atoms with Gasteiger partial charge < -0.3 is 5.11 Å². The summed E-state index contributed by atoms with van der Waals surface area (Å²) in [5.74, 6) is 0. The van der Waals surface area contributed by atoms with Crippen molar-refractivity contribution in [3.8, 4) is 0 Å². The number of aliphatic hydroxyl groups is 1. The quantitative estimate of drug-likeness (QED) is 0.749. The molecule has 1 atom stereocenters. The Morgan fingerprint density at radius 3 is 2.46 bits per heavy atom. The standard InChI is InChI=1S/C12H17O/c1-3-12(13)9-8-11-6-4-10(2)5-7-11/h4-7,12-13H,1,3,8-9H2,2H3/t12-/m1/s1. The summed E-state index contributed by atoms with van der Waals surface area (Å²) in [5.41, 5.74) is 2.57. The van der Waals surface area contributed by atoms with Gasteiger partial charge in [0.1, 0.15) is 0 Å². The molecule has 71 valence electrons. The molecule has 0 saturated carbocycles. The van der Waals surface area contributed by atoms with Gasteiger partial charge in [0.25, 0.3) is 0 Å². The van der Waals surface area contributed by atoms with Crippen molar-refractivity contribution in [2.45, 2.75) is 32.3 Å². The number of hydrogen-bond acceptors (Lipinski definition) is 1. The van der Waals surface area contributed by atoms with E-state index in [0.717, 1.165) is 12.8 Å². The van der Waals surface area contributed by atoms with E-state index < -0.39 is 0 Å². The van der Waals surface area contributed by atoms with Crippen LogP contribution < -0.4 is 0 Å². The van der Waals surface area contributed by atoms with Crippen LogP contribution in [0.25, 0.3) is 0 Å². The minimum Gasteiger partial charge on any atom is -0.393 e. The highest BCUT2D eigenvalue weighted by atomic mass is 16.3. The van der Waals surface area contributed by atoms with E-state index in [9.17, 15) is 5.11 Å². The van der Waals surface area contributed by atoms with Crippen molar-refractivity contribution < 1.29 is 5.11 Å². The molecule has 0 aliphatic rings. The van der Waals surface area contributed by atoms with Gasteiger partial charge in [-0.2, -0.15) is 0 Å². The largest absolute Gasteiger partial charge is 0.393 e. The highest BCUT2D eigenvalue weighted by Gasteiger charge is 2.00. The second kappa shape index (κ2) is 5.03. The van der Waals surface area contributed by atoms with Gasteiger partial charge in [0.2, 0.25) is 0 Å². The van der Waals surface area contributed by atoms with Crippen LogP contribution in [0.15, 0.2) is 24.3 Å². The molecular weight excluding hydrogens is 160 g/mol. The third-order valence-corrected chi connectivity index (χ3v) is 2.22. The molecular formula is C12H17O. The molecule has 1 nitrogen and oxygen atoms in total. The second-order valence-corrected chi connectivity index (χ2v) is 3.47. The minimum absolute atomic E-state index is 0.249. The van der Waals surface area contributed by atoms with Gasteiger partial charge in [-0.05, 0) is 31.7 Å². The Hall–Kier alpha value is -0.820. The van der Waals surface area contributed by atoms with E-state index >= 15 is 0 Å². The average Bonchev–Trinajstić information content (AvgIpc) is 2.16. The lowest BCUT2D eigenvalue weighted by Crippen LogP contribution is -2.05. The fraction of sp³-hybridized carbons (Fsp3) is 0.417. The summed E-state index contributed by atoms with van der Waals surface area (Å²) in [6.45, 7) is 5.74. The first-order valence-electron chi connectivity index (χ1n) is 4.75. The van der Waals surface area contributed by atoms with Crippen LogP contribution >= 0.6 is 0 Å². The van der Waals surface area contributed by atoms with Crippen LogP contribution in [-0.2, 0) is 6.42 Å². The van der Waals surface area contributed by atoms with Gasteiger partial charge in [-0.25, -0.2) is 0 Å². The summed E-state index contributed by atoms with van der Waals surface area (Å²) in [5, 5.41) is 9.31. The monoisotopic (exact) mass is 177 g/mol. The first kappa shape index (κ1) is 10.3. The summed E-state index contributed by atoms with van der Waals surface area (Å²) >= 11 is 0. The van der Waals surface area contributed by atoms with E-state index in [4.69, 9.17) is 0 Å². The lowest BCUT2D eigenvalue weighted by atomic mass is 10.0. The number of hydrogen-bond donors (Lipinski definition) is 1. The van der Waals surface area contributed by atoms with Gasteiger partial charge in [0.15, 0.2) is 0 Å². The lowest BCUT2D eigenvalue weighted by molar-refractivity contribution is 0.167. The van der Waals surface area contributed by atoms with Crippen molar-refractivity contribution in [2.24, 2.45) is 0 Å². The van der Waals surface area contributed by atoms with Crippen molar-refractivity contribution in [1.82, 2.24) is 0 Å². The smallest absolute Gasteiger partial charge is 0.0543 e. The van der Waals surface area contributed by atoms with Crippen LogP contribution in [0.2, 0.25) is 0 Å². The predicted octanol–water partition coefficient (Wildman–Crippen LogP) is 2.51. The van der Waals surface area contributed by atoms with Gasteiger partial charge in [-0.15, -0.1) is 0 Å². The summed E-state index contributed by atoms with van der Waals surface area (Å²) in [6.07, 6.45) is 2.11. The molecule has 0 spiro atoms. The van der Waals surface area contributed by atoms with Gasteiger partial charge in [0.05, 0.1) is 6.10 Å². The molecule has 1 heteroatoms. The Kier molecular flexibility index (Phi) is 3.97. The number of benzene rings is 1. The summed E-state index contributed by atoms with van der Waals surface area (Å²) in [4.78, 5) is 0. The molecule has 1 rings (SSSR count). The molecule has 0 aromatic heterocycles. The maximum absolute atomic E-state index is 9.31. The van der Waals surface area contributed by atoms with E-state index in [1.165, 1.54) is 11.1 Å². The third kappa shape index (κ3) is 3.60. The van der Waals surface area contributed by atoms with Gasteiger partial charge >= 0.3 is 0 Å². The van der Waals surface area contributed by atoms with E-state index in [-0.39, 0.29) is 6.10 Å². The van der Waals surface area contributed by atoms with Crippen LogP contribution in [0, 0.1) is 13.8 Å². The van der Waals surface area contributed by atoms with Gasteiger partial charge in [0, 0.05) is 0 Å². The molecule has 1 N–H and O–H groups in total. The lowest BCUT2D eigenvalue weighted by Gasteiger charge is -2.06. The molecule has 1 radical (unpaired) electrons. The SMILES string of the molecule is [CH2]C[C@@H](O)CCc1ccc(C)cc1. The number of aliphatic hydroxyl groups excluding tert-OH is 1. The molecule has 0 unspecified atom stereocenters. The van der Waals surface area contributed by atoms with Crippen LogP contribution in [-0.4, -0.2) is 11.2 Å². The molecule has 13 heavy (non-hydrogen) atoms. The van der Waals surface area contributed by atoms with Gasteiger partial charge in [-0.3, -0.25) is 0 Å². The third-order valence-electron chi connectivity index (χ3n) is 2.22. The average molecular weight is 177 g/mol. The van der Waals surface area contributed by atoms with Crippen molar-refractivity contribution in [1.29, 1.82) is 0 Å². The summed E-state index contributed by atoms with van der Waals surface area (Å²) in [7, 11) is 0. The molecule has 0 amide bonds. The first-order chi connectivity index (χ1) is 6.22. The van der Waals surface area contributed by atoms with Gasteiger partial charge in [-0.1, -0.05) is 36.8 Å². The topological polar surface area (TPSA) is 20.2 Å². The van der Waals surface area contributed by atoms with Crippen LogP contribution in [0.5, 0.6) is 0 Å². The van der Waals surface area contributed by atoms with Crippen LogP contribution in [0.4, 0.5) is 0 Å². The summed E-state index contributed by atoms with van der Waals surface area (Å²) < 4.78 is 0. The maximum Gasteiger partial charge on any atom is 0.0543 e. The number of rotatable bonds is 4. The Labute approximate surface area is 80.4 Å². The van der Waals surface area contributed by atoms with Crippen molar-refractivity contribution in [3.63, 3.8) is 0 Å². The van der Waals surface area contributed by atoms with Crippen LogP contribution in [0.1, 0.15) is 24.0 Å². The molecule has 0 saturated heterocycles. The van der Waals surface area contributed by atoms with E-state index in [1.807, 2.05) is 0 Å². The van der Waals surface area contributed by atoms with E-state index in [0.29, 0.717) is 6.42 Å². The second-order valence-electron chi connectivity index (χ2n) is 3.47. The Morgan fingerprint density at radius 2 is 1.92 bits per heavy atom. The molecule has 0 fully saturated rings. The highest BCUT2D eigenvalue weighted by molar-refractivity contribution is 5.21. The zero-order valence-corrected chi connectivity index (χ0v) is 8.16.